The van der Waals surface area contributed by atoms with E-state index in [2.05, 4.69) is 5.32 Å². The molecule has 0 radical (unpaired) electrons. The largest absolute Gasteiger partial charge is 0.322 e. The fourth-order valence-electron chi connectivity index (χ4n) is 2.14. The SMILES string of the molecule is O=C(Nc1ccc(/C=C/C(=O)c2cccs2)cc1)c1ccccc1. The first-order chi connectivity index (χ1) is 11.7. The summed E-state index contributed by atoms with van der Waals surface area (Å²) in [4.78, 5) is 24.7. The molecule has 3 nitrogen and oxygen atoms in total. The molecule has 0 aliphatic carbocycles. The number of benzene rings is 2. The van der Waals surface area contributed by atoms with E-state index >= 15 is 0 Å². The van der Waals surface area contributed by atoms with Crippen LogP contribution in [0.3, 0.4) is 0 Å². The van der Waals surface area contributed by atoms with Crippen LogP contribution in [-0.2, 0) is 0 Å². The lowest BCUT2D eigenvalue weighted by molar-refractivity contribution is 0.102. The number of carbonyl (C=O) groups is 2. The Morgan fingerprint density at radius 3 is 2.29 bits per heavy atom. The van der Waals surface area contributed by atoms with Crippen molar-refractivity contribution >= 4 is 34.8 Å². The second-order valence-corrected chi connectivity index (χ2v) is 6.06. The van der Waals surface area contributed by atoms with E-state index in [1.165, 1.54) is 11.3 Å². The number of hydrogen-bond acceptors (Lipinski definition) is 3. The summed E-state index contributed by atoms with van der Waals surface area (Å²) in [6.07, 6.45) is 3.33. The van der Waals surface area contributed by atoms with Crippen LogP contribution < -0.4 is 5.32 Å². The average molecular weight is 333 g/mol. The number of hydrogen-bond donors (Lipinski definition) is 1. The van der Waals surface area contributed by atoms with Crippen molar-refractivity contribution in [3.8, 4) is 0 Å². The number of ketones is 1. The van der Waals surface area contributed by atoms with Crippen LogP contribution in [0.5, 0.6) is 0 Å². The fraction of sp³-hybridized carbons (Fsp3) is 0. The van der Waals surface area contributed by atoms with Crippen molar-refractivity contribution in [3.63, 3.8) is 0 Å². The maximum Gasteiger partial charge on any atom is 0.255 e. The Kier molecular flexibility index (Phi) is 4.99. The molecule has 0 saturated carbocycles. The van der Waals surface area contributed by atoms with Crippen LogP contribution in [0.15, 0.2) is 78.2 Å². The number of carbonyl (C=O) groups excluding carboxylic acids is 2. The summed E-state index contributed by atoms with van der Waals surface area (Å²) in [5.41, 5.74) is 2.23. The van der Waals surface area contributed by atoms with Crippen molar-refractivity contribution in [2.75, 3.05) is 5.32 Å². The van der Waals surface area contributed by atoms with E-state index in [4.69, 9.17) is 0 Å². The second-order valence-electron chi connectivity index (χ2n) is 5.12. The molecule has 0 fully saturated rings. The number of amides is 1. The van der Waals surface area contributed by atoms with Crippen molar-refractivity contribution in [3.05, 3.63) is 94.2 Å². The summed E-state index contributed by atoms with van der Waals surface area (Å²) in [5, 5.41) is 4.72. The Hall–Kier alpha value is -2.98. The van der Waals surface area contributed by atoms with Gasteiger partial charge in [0.15, 0.2) is 5.78 Å². The van der Waals surface area contributed by atoms with Crippen LogP contribution in [0.1, 0.15) is 25.6 Å². The van der Waals surface area contributed by atoms with Gasteiger partial charge in [-0.1, -0.05) is 42.5 Å². The quantitative estimate of drug-likeness (QED) is 0.533. The highest BCUT2D eigenvalue weighted by molar-refractivity contribution is 7.12. The van der Waals surface area contributed by atoms with Gasteiger partial charge in [0.05, 0.1) is 4.88 Å². The van der Waals surface area contributed by atoms with Crippen LogP contribution in [0.4, 0.5) is 5.69 Å². The normalized spacial score (nSPS) is 10.7. The lowest BCUT2D eigenvalue weighted by atomic mass is 10.1. The lowest BCUT2D eigenvalue weighted by Crippen LogP contribution is -2.11. The molecule has 0 aliphatic heterocycles. The van der Waals surface area contributed by atoms with E-state index in [0.717, 1.165) is 10.4 Å². The molecule has 2 aromatic carbocycles. The number of thiophene rings is 1. The van der Waals surface area contributed by atoms with Crippen LogP contribution in [0.25, 0.3) is 6.08 Å². The van der Waals surface area contributed by atoms with Gasteiger partial charge >= 0.3 is 0 Å². The zero-order valence-corrected chi connectivity index (χ0v) is 13.6. The summed E-state index contributed by atoms with van der Waals surface area (Å²) < 4.78 is 0. The van der Waals surface area contributed by atoms with Crippen molar-refractivity contribution in [1.29, 1.82) is 0 Å². The van der Waals surface area contributed by atoms with Gasteiger partial charge in [-0.15, -0.1) is 11.3 Å². The number of nitrogens with one attached hydrogen (secondary N) is 1. The van der Waals surface area contributed by atoms with E-state index < -0.39 is 0 Å². The van der Waals surface area contributed by atoms with Crippen molar-refractivity contribution < 1.29 is 9.59 Å². The van der Waals surface area contributed by atoms with Gasteiger partial charge in [-0.2, -0.15) is 0 Å². The predicted molar refractivity (Wildman–Crippen MR) is 98.5 cm³/mol. The molecule has 3 rings (SSSR count). The maximum absolute atomic E-state index is 12.1. The van der Waals surface area contributed by atoms with E-state index in [-0.39, 0.29) is 11.7 Å². The second kappa shape index (κ2) is 7.53. The number of rotatable bonds is 5. The number of anilines is 1. The van der Waals surface area contributed by atoms with E-state index in [9.17, 15) is 9.59 Å². The third kappa shape index (κ3) is 4.06. The zero-order valence-electron chi connectivity index (χ0n) is 12.8. The minimum Gasteiger partial charge on any atom is -0.322 e. The minimum absolute atomic E-state index is 0.00791. The van der Waals surface area contributed by atoms with Gasteiger partial charge in [-0.3, -0.25) is 9.59 Å². The third-order valence-electron chi connectivity index (χ3n) is 3.40. The van der Waals surface area contributed by atoms with Gasteiger partial charge in [0.25, 0.3) is 5.91 Å². The minimum atomic E-state index is -0.147. The molecule has 24 heavy (non-hydrogen) atoms. The van der Waals surface area contributed by atoms with Crippen molar-refractivity contribution in [1.82, 2.24) is 0 Å². The summed E-state index contributed by atoms with van der Waals surface area (Å²) in [6.45, 7) is 0. The Labute approximate surface area is 144 Å². The number of allylic oxidation sites excluding steroid dienone is 1. The monoisotopic (exact) mass is 333 g/mol. The maximum atomic E-state index is 12.1. The first-order valence-electron chi connectivity index (χ1n) is 7.45. The molecule has 0 bridgehead atoms. The highest BCUT2D eigenvalue weighted by Gasteiger charge is 2.05. The Morgan fingerprint density at radius 1 is 0.875 bits per heavy atom. The lowest BCUT2D eigenvalue weighted by Gasteiger charge is -2.05. The van der Waals surface area contributed by atoms with Gasteiger partial charge in [0.1, 0.15) is 0 Å². The predicted octanol–water partition coefficient (Wildman–Crippen LogP) is 4.90. The third-order valence-corrected chi connectivity index (χ3v) is 4.28. The molecule has 0 unspecified atom stereocenters. The summed E-state index contributed by atoms with van der Waals surface area (Å²) in [5.74, 6) is -0.154. The van der Waals surface area contributed by atoms with E-state index in [1.54, 1.807) is 30.4 Å². The zero-order chi connectivity index (χ0) is 16.8. The molecule has 0 spiro atoms. The standard InChI is InChI=1S/C20H15NO2S/c22-18(19-7-4-14-24-19)13-10-15-8-11-17(12-9-15)21-20(23)16-5-2-1-3-6-16/h1-14H,(H,21,23)/b13-10+. The van der Waals surface area contributed by atoms with Crippen molar-refractivity contribution in [2.45, 2.75) is 0 Å². The molecule has 1 aromatic heterocycles. The van der Waals surface area contributed by atoms with Gasteiger partial charge in [0, 0.05) is 11.3 Å². The van der Waals surface area contributed by atoms with Crippen molar-refractivity contribution in [2.24, 2.45) is 0 Å². The molecular formula is C20H15NO2S. The molecule has 0 atom stereocenters. The molecule has 0 saturated heterocycles. The van der Waals surface area contributed by atoms with Gasteiger partial charge < -0.3 is 5.32 Å². The fourth-order valence-corrected chi connectivity index (χ4v) is 2.79. The molecule has 118 valence electrons. The molecule has 1 amide bonds. The summed E-state index contributed by atoms with van der Waals surface area (Å²) >= 11 is 1.43. The summed E-state index contributed by atoms with van der Waals surface area (Å²) in [7, 11) is 0. The highest BCUT2D eigenvalue weighted by atomic mass is 32.1. The van der Waals surface area contributed by atoms with E-state index in [0.29, 0.717) is 11.3 Å². The average Bonchev–Trinajstić information content (AvgIpc) is 3.16. The summed E-state index contributed by atoms with van der Waals surface area (Å²) in [6, 6.07) is 20.1. The van der Waals surface area contributed by atoms with Crippen LogP contribution in [-0.4, -0.2) is 11.7 Å². The topological polar surface area (TPSA) is 46.2 Å². The van der Waals surface area contributed by atoms with Gasteiger partial charge in [-0.25, -0.2) is 0 Å². The first kappa shape index (κ1) is 15.9. The highest BCUT2D eigenvalue weighted by Crippen LogP contribution is 2.14. The Balaban J connectivity index is 1.63. The van der Waals surface area contributed by atoms with E-state index in [1.807, 2.05) is 53.9 Å². The molecule has 1 N–H and O–H groups in total. The van der Waals surface area contributed by atoms with Gasteiger partial charge in [0.2, 0.25) is 0 Å². The smallest absolute Gasteiger partial charge is 0.255 e. The molecule has 0 aliphatic rings. The molecule has 3 aromatic rings. The molecule has 1 heterocycles. The molecule has 4 heteroatoms. The molecular weight excluding hydrogens is 318 g/mol. The van der Waals surface area contributed by atoms with Crippen LogP contribution in [0, 0.1) is 0 Å². The Bertz CT molecular complexity index is 850. The van der Waals surface area contributed by atoms with Crippen LogP contribution in [0.2, 0.25) is 0 Å². The first-order valence-corrected chi connectivity index (χ1v) is 8.33. The van der Waals surface area contributed by atoms with Gasteiger partial charge in [-0.05, 0) is 47.4 Å². The Morgan fingerprint density at radius 2 is 1.62 bits per heavy atom. The van der Waals surface area contributed by atoms with Crippen LogP contribution >= 0.6 is 11.3 Å².